The summed E-state index contributed by atoms with van der Waals surface area (Å²) < 4.78 is 2.12. The fourth-order valence-corrected chi connectivity index (χ4v) is 4.48. The van der Waals surface area contributed by atoms with Crippen LogP contribution in [0.1, 0.15) is 31.2 Å². The molecule has 27 heavy (non-hydrogen) atoms. The van der Waals surface area contributed by atoms with Crippen molar-refractivity contribution in [2.75, 3.05) is 11.9 Å². The molecule has 7 heteroatoms. The van der Waals surface area contributed by atoms with Crippen LogP contribution in [-0.4, -0.2) is 22.4 Å². The first-order valence-electron chi connectivity index (χ1n) is 8.92. The number of nitrogens with zero attached hydrogens (tertiary/aromatic N) is 2. The van der Waals surface area contributed by atoms with Crippen LogP contribution in [0.25, 0.3) is 22.2 Å². The van der Waals surface area contributed by atoms with E-state index in [1.807, 2.05) is 19.1 Å². The lowest BCUT2D eigenvalue weighted by molar-refractivity contribution is -0.109. The van der Waals surface area contributed by atoms with Crippen LogP contribution in [0.5, 0.6) is 0 Å². The van der Waals surface area contributed by atoms with E-state index in [1.165, 1.54) is 0 Å². The Morgan fingerprint density at radius 1 is 1.26 bits per heavy atom. The summed E-state index contributed by atoms with van der Waals surface area (Å²) in [7, 11) is 0. The van der Waals surface area contributed by atoms with Crippen LogP contribution in [0.2, 0.25) is 15.1 Å². The van der Waals surface area contributed by atoms with Crippen LogP contribution in [-0.2, 0) is 11.3 Å². The first-order chi connectivity index (χ1) is 13.0. The van der Waals surface area contributed by atoms with Crippen molar-refractivity contribution < 1.29 is 4.79 Å². The molecule has 1 aliphatic heterocycles. The van der Waals surface area contributed by atoms with Crippen LogP contribution in [0.15, 0.2) is 24.3 Å². The summed E-state index contributed by atoms with van der Waals surface area (Å²) in [6, 6.07) is 7.29. The summed E-state index contributed by atoms with van der Waals surface area (Å²) in [5.41, 5.74) is 4.08. The molecule has 0 bridgehead atoms. The normalized spacial score (nSPS) is 14.7. The molecule has 0 spiro atoms. The van der Waals surface area contributed by atoms with E-state index < -0.39 is 0 Å². The van der Waals surface area contributed by atoms with Gasteiger partial charge in [0.05, 0.1) is 10.5 Å². The second kappa shape index (κ2) is 7.34. The van der Waals surface area contributed by atoms with Gasteiger partial charge in [0.25, 0.3) is 0 Å². The van der Waals surface area contributed by atoms with Crippen LogP contribution in [0.4, 0.5) is 5.95 Å². The number of rotatable bonds is 4. The SMILES string of the molecule is CCC(C=O)c1cc(-c2ccc(Cl)cc2Cl)c(Cl)c2nc3n(c12)CCCN3. The molecule has 1 aliphatic rings. The zero-order chi connectivity index (χ0) is 19.1. The third-order valence-corrected chi connectivity index (χ3v) is 5.98. The second-order valence-corrected chi connectivity index (χ2v) is 7.89. The summed E-state index contributed by atoms with van der Waals surface area (Å²) in [5.74, 6) is 0.553. The first-order valence-corrected chi connectivity index (χ1v) is 10.1. The maximum absolute atomic E-state index is 11.8. The Hall–Kier alpha value is -1.75. The molecule has 1 atom stereocenters. The van der Waals surface area contributed by atoms with Crippen molar-refractivity contribution in [3.63, 3.8) is 0 Å². The van der Waals surface area contributed by atoms with Gasteiger partial charge in [0.15, 0.2) is 0 Å². The molecule has 0 saturated carbocycles. The fraction of sp³-hybridized carbons (Fsp3) is 0.300. The minimum Gasteiger partial charge on any atom is -0.356 e. The number of halogens is 3. The monoisotopic (exact) mass is 421 g/mol. The number of fused-ring (bicyclic) bond motifs is 3. The molecular formula is C20H18Cl3N3O. The summed E-state index contributed by atoms with van der Waals surface area (Å²) in [6.45, 7) is 3.72. The van der Waals surface area contributed by atoms with Gasteiger partial charge in [-0.1, -0.05) is 47.8 Å². The van der Waals surface area contributed by atoms with Crippen LogP contribution < -0.4 is 5.32 Å². The molecule has 0 radical (unpaired) electrons. The van der Waals surface area contributed by atoms with Gasteiger partial charge < -0.3 is 14.7 Å². The number of hydrogen-bond acceptors (Lipinski definition) is 3. The van der Waals surface area contributed by atoms with Crippen molar-refractivity contribution in [1.29, 1.82) is 0 Å². The molecule has 140 valence electrons. The molecule has 4 nitrogen and oxygen atoms in total. The molecule has 1 aromatic heterocycles. The summed E-state index contributed by atoms with van der Waals surface area (Å²) in [6.07, 6.45) is 2.69. The lowest BCUT2D eigenvalue weighted by atomic mass is 9.92. The number of imidazole rings is 1. The summed E-state index contributed by atoms with van der Waals surface area (Å²) >= 11 is 19.3. The number of carbonyl (C=O) groups is 1. The molecule has 0 aliphatic carbocycles. The predicted octanol–water partition coefficient (Wildman–Crippen LogP) is 6.17. The minimum absolute atomic E-state index is 0.239. The lowest BCUT2D eigenvalue weighted by Gasteiger charge is -2.19. The van der Waals surface area contributed by atoms with Gasteiger partial charge in [0.2, 0.25) is 5.95 Å². The Balaban J connectivity index is 2.06. The second-order valence-electron chi connectivity index (χ2n) is 6.67. The molecule has 2 aromatic carbocycles. The molecule has 2 heterocycles. The molecule has 0 fully saturated rings. The van der Waals surface area contributed by atoms with Crippen molar-refractivity contribution >= 4 is 58.1 Å². The van der Waals surface area contributed by atoms with Gasteiger partial charge in [-0.15, -0.1) is 0 Å². The Kier molecular flexibility index (Phi) is 5.06. The highest BCUT2D eigenvalue weighted by molar-refractivity contribution is 6.40. The Bertz CT molecular complexity index is 1040. The van der Waals surface area contributed by atoms with E-state index in [2.05, 4.69) is 9.88 Å². The largest absolute Gasteiger partial charge is 0.356 e. The van der Waals surface area contributed by atoms with E-state index in [-0.39, 0.29) is 5.92 Å². The number of hydrogen-bond donors (Lipinski definition) is 1. The number of anilines is 1. The number of carbonyl (C=O) groups excluding carboxylic acids is 1. The van der Waals surface area contributed by atoms with Crippen molar-refractivity contribution in [2.45, 2.75) is 32.2 Å². The standard InChI is InChI=1S/C20H18Cl3N3O/c1-2-11(10-27)14-9-15(13-5-4-12(21)8-16(13)22)17(23)18-19(14)26-7-3-6-24-20(26)25-18/h4-5,8-11H,2-3,6-7H2,1H3,(H,24,25). The number of benzene rings is 2. The van der Waals surface area contributed by atoms with Crippen LogP contribution in [0.3, 0.4) is 0 Å². The van der Waals surface area contributed by atoms with Crippen molar-refractivity contribution in [3.05, 3.63) is 44.9 Å². The average molecular weight is 423 g/mol. The number of aldehydes is 1. The number of aromatic nitrogens is 2. The zero-order valence-corrected chi connectivity index (χ0v) is 17.0. The fourth-order valence-electron chi connectivity index (χ4n) is 3.68. The maximum atomic E-state index is 11.8. The maximum Gasteiger partial charge on any atom is 0.203 e. The van der Waals surface area contributed by atoms with E-state index in [0.29, 0.717) is 27.0 Å². The average Bonchev–Trinajstić information content (AvgIpc) is 3.05. The van der Waals surface area contributed by atoms with Crippen molar-refractivity contribution in [1.82, 2.24) is 9.55 Å². The van der Waals surface area contributed by atoms with E-state index in [0.717, 1.165) is 54.0 Å². The number of nitrogens with one attached hydrogen (secondary N) is 1. The molecule has 3 aromatic rings. The smallest absolute Gasteiger partial charge is 0.203 e. The molecular weight excluding hydrogens is 405 g/mol. The van der Waals surface area contributed by atoms with E-state index in [1.54, 1.807) is 12.1 Å². The van der Waals surface area contributed by atoms with Gasteiger partial charge in [0, 0.05) is 40.2 Å². The van der Waals surface area contributed by atoms with E-state index >= 15 is 0 Å². The predicted molar refractivity (Wildman–Crippen MR) is 112 cm³/mol. The number of aryl methyl sites for hydroxylation is 1. The Morgan fingerprint density at radius 3 is 2.78 bits per heavy atom. The van der Waals surface area contributed by atoms with Gasteiger partial charge >= 0.3 is 0 Å². The molecule has 1 unspecified atom stereocenters. The van der Waals surface area contributed by atoms with Crippen LogP contribution in [0, 0.1) is 0 Å². The lowest BCUT2D eigenvalue weighted by Crippen LogP contribution is -2.17. The first kappa shape index (κ1) is 18.6. The van der Waals surface area contributed by atoms with Crippen LogP contribution >= 0.6 is 34.8 Å². The topological polar surface area (TPSA) is 46.9 Å². The van der Waals surface area contributed by atoms with Gasteiger partial charge in [-0.2, -0.15) is 0 Å². The molecule has 0 amide bonds. The van der Waals surface area contributed by atoms with E-state index in [4.69, 9.17) is 39.8 Å². The molecule has 1 N–H and O–H groups in total. The highest BCUT2D eigenvalue weighted by atomic mass is 35.5. The third-order valence-electron chi connectivity index (χ3n) is 5.05. The third kappa shape index (κ3) is 3.10. The van der Waals surface area contributed by atoms with Gasteiger partial charge in [0.1, 0.15) is 11.8 Å². The highest BCUT2D eigenvalue weighted by Gasteiger charge is 2.25. The van der Waals surface area contributed by atoms with Crippen molar-refractivity contribution in [3.8, 4) is 11.1 Å². The van der Waals surface area contributed by atoms with Gasteiger partial charge in [-0.25, -0.2) is 4.98 Å². The molecule has 0 saturated heterocycles. The quantitative estimate of drug-likeness (QED) is 0.511. The minimum atomic E-state index is -0.239. The summed E-state index contributed by atoms with van der Waals surface area (Å²) in [5, 5.41) is 4.92. The Labute approximate surface area is 172 Å². The van der Waals surface area contributed by atoms with Gasteiger partial charge in [-0.05, 0) is 36.6 Å². The Morgan fingerprint density at radius 2 is 2.07 bits per heavy atom. The van der Waals surface area contributed by atoms with Crippen molar-refractivity contribution in [2.24, 2.45) is 0 Å². The zero-order valence-electron chi connectivity index (χ0n) is 14.7. The highest BCUT2D eigenvalue weighted by Crippen LogP contribution is 2.43. The summed E-state index contributed by atoms with van der Waals surface area (Å²) in [4.78, 5) is 16.5. The van der Waals surface area contributed by atoms with Gasteiger partial charge in [-0.3, -0.25) is 0 Å². The van der Waals surface area contributed by atoms with E-state index in [9.17, 15) is 4.79 Å². The molecule has 4 rings (SSSR count).